The number of hydrogen-bond donors (Lipinski definition) is 1. The van der Waals surface area contributed by atoms with E-state index in [-0.39, 0.29) is 18.3 Å². The molecule has 0 aromatic heterocycles. The quantitative estimate of drug-likeness (QED) is 0.806. The average Bonchev–Trinajstić information content (AvgIpc) is 3.04. The third kappa shape index (κ3) is 4.97. The largest absolute Gasteiger partial charge is 0.493 e. The number of halogens is 1. The Labute approximate surface area is 169 Å². The van der Waals surface area contributed by atoms with Gasteiger partial charge >= 0.3 is 0 Å². The minimum atomic E-state index is 0. The molecule has 1 aliphatic carbocycles. The summed E-state index contributed by atoms with van der Waals surface area (Å²) < 4.78 is 5.96. The number of fused-ring (bicyclic) bond motifs is 2. The fourth-order valence-electron chi connectivity index (χ4n) is 4.97. The molecule has 27 heavy (non-hydrogen) atoms. The van der Waals surface area contributed by atoms with Crippen LogP contribution in [0.3, 0.4) is 0 Å². The molecule has 5 heteroatoms. The van der Waals surface area contributed by atoms with Crippen molar-refractivity contribution in [3.63, 3.8) is 0 Å². The summed E-state index contributed by atoms with van der Waals surface area (Å²) in [6.07, 6.45) is 11.3. The summed E-state index contributed by atoms with van der Waals surface area (Å²) in [7, 11) is 1.96. The Morgan fingerprint density at radius 3 is 2.30 bits per heavy atom. The number of benzene rings is 1. The fourth-order valence-corrected chi connectivity index (χ4v) is 4.97. The normalized spacial score (nSPS) is 27.7. The van der Waals surface area contributed by atoms with E-state index in [0.29, 0.717) is 24.0 Å². The van der Waals surface area contributed by atoms with Gasteiger partial charge in [0.2, 0.25) is 0 Å². The van der Waals surface area contributed by atoms with Crippen LogP contribution in [0, 0.1) is 5.92 Å². The van der Waals surface area contributed by atoms with Crippen molar-refractivity contribution in [2.75, 3.05) is 13.7 Å². The van der Waals surface area contributed by atoms with Crippen molar-refractivity contribution >= 4 is 18.3 Å². The standard InChI is InChI=1S/C22H32N2O2.ClH/c1-24(20-13-18-9-10-19(14-20)23-18)22(25)17-7-11-21(12-8-17)26-15-16-5-3-2-4-6-16;/h7-8,11-12,16,18-20,23H,2-6,9-10,13-15H2,1H3;1H. The third-order valence-corrected chi connectivity index (χ3v) is 6.63. The van der Waals surface area contributed by atoms with Crippen molar-refractivity contribution in [1.82, 2.24) is 10.2 Å². The maximum absolute atomic E-state index is 12.9. The monoisotopic (exact) mass is 392 g/mol. The molecular formula is C22H33ClN2O2. The van der Waals surface area contributed by atoms with E-state index in [1.807, 2.05) is 36.2 Å². The topological polar surface area (TPSA) is 41.6 Å². The van der Waals surface area contributed by atoms with Gasteiger partial charge in [0.15, 0.2) is 0 Å². The zero-order chi connectivity index (χ0) is 17.9. The van der Waals surface area contributed by atoms with E-state index in [9.17, 15) is 4.79 Å². The average molecular weight is 393 g/mol. The number of carbonyl (C=O) groups is 1. The molecule has 2 aliphatic heterocycles. The first-order chi connectivity index (χ1) is 12.7. The predicted molar refractivity (Wildman–Crippen MR) is 111 cm³/mol. The lowest BCUT2D eigenvalue weighted by Crippen LogP contribution is -2.48. The van der Waals surface area contributed by atoms with Gasteiger partial charge in [-0.2, -0.15) is 0 Å². The zero-order valence-electron chi connectivity index (χ0n) is 16.4. The molecule has 1 aromatic carbocycles. The fraction of sp³-hybridized carbons (Fsp3) is 0.682. The Bertz CT molecular complexity index is 603. The highest BCUT2D eigenvalue weighted by Gasteiger charge is 2.36. The second kappa shape index (κ2) is 9.29. The van der Waals surface area contributed by atoms with E-state index in [4.69, 9.17) is 4.74 Å². The molecule has 1 N–H and O–H groups in total. The molecule has 2 unspecified atom stereocenters. The molecule has 3 aliphatic rings. The Balaban J connectivity index is 0.00000210. The highest BCUT2D eigenvalue weighted by Crippen LogP contribution is 2.30. The van der Waals surface area contributed by atoms with Crippen LogP contribution in [0.25, 0.3) is 0 Å². The smallest absolute Gasteiger partial charge is 0.253 e. The number of nitrogens with one attached hydrogen (secondary N) is 1. The molecule has 0 spiro atoms. The third-order valence-electron chi connectivity index (χ3n) is 6.63. The van der Waals surface area contributed by atoms with Gasteiger partial charge in [-0.05, 0) is 68.7 Å². The second-order valence-corrected chi connectivity index (χ2v) is 8.52. The first kappa shape index (κ1) is 20.5. The zero-order valence-corrected chi connectivity index (χ0v) is 17.2. The minimum Gasteiger partial charge on any atom is -0.493 e. The Kier molecular flexibility index (Phi) is 7.04. The molecule has 2 heterocycles. The Hall–Kier alpha value is -1.26. The minimum absolute atomic E-state index is 0. The molecule has 3 fully saturated rings. The first-order valence-electron chi connectivity index (χ1n) is 10.4. The number of hydrogen-bond acceptors (Lipinski definition) is 3. The molecule has 2 saturated heterocycles. The van der Waals surface area contributed by atoms with Gasteiger partial charge < -0.3 is 15.0 Å². The number of carbonyl (C=O) groups excluding carboxylic acids is 1. The van der Waals surface area contributed by atoms with Crippen LogP contribution in [-0.4, -0.2) is 42.6 Å². The van der Waals surface area contributed by atoms with Crippen molar-refractivity contribution in [2.24, 2.45) is 5.92 Å². The van der Waals surface area contributed by atoms with Gasteiger partial charge in [-0.3, -0.25) is 4.79 Å². The molecule has 0 radical (unpaired) electrons. The summed E-state index contributed by atoms with van der Waals surface area (Å²) in [5.74, 6) is 1.72. The van der Waals surface area contributed by atoms with E-state index in [1.165, 1.54) is 44.9 Å². The van der Waals surface area contributed by atoms with Gasteiger partial charge in [-0.25, -0.2) is 0 Å². The summed E-state index contributed by atoms with van der Waals surface area (Å²) in [6, 6.07) is 9.32. The van der Waals surface area contributed by atoms with Gasteiger partial charge in [-0.15, -0.1) is 12.4 Å². The maximum atomic E-state index is 12.9. The molecule has 1 aromatic rings. The lowest BCUT2D eigenvalue weighted by molar-refractivity contribution is 0.0681. The van der Waals surface area contributed by atoms with E-state index >= 15 is 0 Å². The van der Waals surface area contributed by atoms with Crippen LogP contribution in [0.15, 0.2) is 24.3 Å². The summed E-state index contributed by atoms with van der Waals surface area (Å²) >= 11 is 0. The van der Waals surface area contributed by atoms with E-state index in [2.05, 4.69) is 5.32 Å². The number of piperidine rings is 1. The Morgan fingerprint density at radius 1 is 1.04 bits per heavy atom. The molecule has 4 nitrogen and oxygen atoms in total. The molecule has 150 valence electrons. The van der Waals surface area contributed by atoms with Crippen LogP contribution in [0.5, 0.6) is 5.75 Å². The first-order valence-corrected chi connectivity index (χ1v) is 10.4. The van der Waals surface area contributed by atoms with E-state index in [1.54, 1.807) is 0 Å². The van der Waals surface area contributed by atoms with Crippen molar-refractivity contribution in [3.8, 4) is 5.75 Å². The van der Waals surface area contributed by atoms with Crippen LogP contribution in [0.1, 0.15) is 68.1 Å². The number of nitrogens with zero attached hydrogens (tertiary/aromatic N) is 1. The molecule has 4 rings (SSSR count). The van der Waals surface area contributed by atoms with Gasteiger partial charge in [0.25, 0.3) is 5.91 Å². The van der Waals surface area contributed by atoms with Crippen LogP contribution in [-0.2, 0) is 0 Å². The highest BCUT2D eigenvalue weighted by molar-refractivity contribution is 5.94. The van der Waals surface area contributed by atoms with Gasteiger partial charge in [-0.1, -0.05) is 19.3 Å². The van der Waals surface area contributed by atoms with Crippen LogP contribution >= 0.6 is 12.4 Å². The van der Waals surface area contributed by atoms with Crippen LogP contribution in [0.2, 0.25) is 0 Å². The maximum Gasteiger partial charge on any atom is 0.253 e. The van der Waals surface area contributed by atoms with Crippen LogP contribution < -0.4 is 10.1 Å². The Morgan fingerprint density at radius 2 is 1.67 bits per heavy atom. The highest BCUT2D eigenvalue weighted by atomic mass is 35.5. The lowest BCUT2D eigenvalue weighted by Gasteiger charge is -2.35. The van der Waals surface area contributed by atoms with Crippen molar-refractivity contribution in [2.45, 2.75) is 75.9 Å². The van der Waals surface area contributed by atoms with Gasteiger partial charge in [0.05, 0.1) is 6.61 Å². The van der Waals surface area contributed by atoms with Crippen LogP contribution in [0.4, 0.5) is 0 Å². The van der Waals surface area contributed by atoms with Crippen molar-refractivity contribution in [1.29, 1.82) is 0 Å². The van der Waals surface area contributed by atoms with E-state index < -0.39 is 0 Å². The van der Waals surface area contributed by atoms with Gasteiger partial charge in [0.1, 0.15) is 5.75 Å². The SMILES string of the molecule is CN(C(=O)c1ccc(OCC2CCCCC2)cc1)C1CC2CCC(C1)N2.Cl. The molecule has 2 atom stereocenters. The van der Waals surface area contributed by atoms with Crippen molar-refractivity contribution in [3.05, 3.63) is 29.8 Å². The molecule has 2 bridgehead atoms. The van der Waals surface area contributed by atoms with Gasteiger partial charge in [0, 0.05) is 30.7 Å². The second-order valence-electron chi connectivity index (χ2n) is 8.52. The predicted octanol–water partition coefficient (Wildman–Crippen LogP) is 4.42. The van der Waals surface area contributed by atoms with E-state index in [0.717, 1.165) is 30.8 Å². The molecule has 1 saturated carbocycles. The summed E-state index contributed by atoms with van der Waals surface area (Å²) in [4.78, 5) is 14.8. The summed E-state index contributed by atoms with van der Waals surface area (Å²) in [5.41, 5.74) is 0.767. The van der Waals surface area contributed by atoms with Crippen molar-refractivity contribution < 1.29 is 9.53 Å². The number of amides is 1. The molecule has 1 amide bonds. The lowest BCUT2D eigenvalue weighted by atomic mass is 9.90. The summed E-state index contributed by atoms with van der Waals surface area (Å²) in [5, 5.41) is 3.65. The number of rotatable bonds is 5. The molecular weight excluding hydrogens is 360 g/mol. The summed E-state index contributed by atoms with van der Waals surface area (Å²) in [6.45, 7) is 0.811. The number of ether oxygens (including phenoxy) is 1.